The molecule has 0 atom stereocenters. The average molecular weight is 512 g/mol. The second-order valence-electron chi connectivity index (χ2n) is 7.63. The first-order valence-corrected chi connectivity index (χ1v) is 10.4. The first-order valence-electron chi connectivity index (χ1n) is 10.4. The Morgan fingerprint density at radius 1 is 1.17 bits per heavy atom. The Bertz CT molecular complexity index is 737. The highest BCUT2D eigenvalue weighted by atomic mass is 127. The SMILES string of the molecule is CCNC(=NCc1cc(-c2ccccc2)on1)NCC1(CCO)CCCCC1.I. The second-order valence-corrected chi connectivity index (χ2v) is 7.63. The van der Waals surface area contributed by atoms with E-state index >= 15 is 0 Å². The van der Waals surface area contributed by atoms with Gasteiger partial charge < -0.3 is 20.3 Å². The van der Waals surface area contributed by atoms with Gasteiger partial charge in [-0.1, -0.05) is 54.8 Å². The Morgan fingerprint density at radius 3 is 2.62 bits per heavy atom. The molecule has 1 aromatic heterocycles. The highest BCUT2D eigenvalue weighted by Gasteiger charge is 2.31. The quantitative estimate of drug-likeness (QED) is 0.279. The van der Waals surface area contributed by atoms with Gasteiger partial charge in [0.2, 0.25) is 0 Å². The molecule has 0 aliphatic heterocycles. The molecule has 1 heterocycles. The monoisotopic (exact) mass is 512 g/mol. The number of aliphatic imine (C=N–C) groups is 1. The number of aliphatic hydroxyl groups is 1. The molecule has 1 aliphatic carbocycles. The summed E-state index contributed by atoms with van der Waals surface area (Å²) in [5, 5.41) is 20.5. The Hall–Kier alpha value is -1.61. The third kappa shape index (κ3) is 6.99. The number of aromatic nitrogens is 1. The van der Waals surface area contributed by atoms with Gasteiger partial charge in [-0.05, 0) is 31.6 Å². The summed E-state index contributed by atoms with van der Waals surface area (Å²) in [6.45, 7) is 4.40. The molecule has 160 valence electrons. The lowest BCUT2D eigenvalue weighted by Gasteiger charge is -2.37. The fourth-order valence-electron chi connectivity index (χ4n) is 3.95. The van der Waals surface area contributed by atoms with Crippen LogP contribution in [0.4, 0.5) is 0 Å². The van der Waals surface area contributed by atoms with E-state index in [1.165, 1.54) is 32.1 Å². The lowest BCUT2D eigenvalue weighted by atomic mass is 9.72. The third-order valence-electron chi connectivity index (χ3n) is 5.55. The van der Waals surface area contributed by atoms with Gasteiger partial charge in [-0.3, -0.25) is 0 Å². The number of rotatable bonds is 8. The highest BCUT2D eigenvalue weighted by Crippen LogP contribution is 2.38. The number of nitrogens with zero attached hydrogens (tertiary/aromatic N) is 2. The smallest absolute Gasteiger partial charge is 0.191 e. The molecule has 0 spiro atoms. The van der Waals surface area contributed by atoms with E-state index in [0.717, 1.165) is 42.5 Å². The average Bonchev–Trinajstić information content (AvgIpc) is 3.21. The third-order valence-corrected chi connectivity index (χ3v) is 5.55. The Kier molecular flexibility index (Phi) is 9.93. The molecule has 3 N–H and O–H groups in total. The zero-order valence-electron chi connectivity index (χ0n) is 17.2. The number of halogens is 1. The zero-order valence-corrected chi connectivity index (χ0v) is 19.5. The minimum atomic E-state index is 0. The summed E-state index contributed by atoms with van der Waals surface area (Å²) in [6, 6.07) is 11.9. The number of guanidine groups is 1. The molecule has 0 saturated heterocycles. The van der Waals surface area contributed by atoms with E-state index in [0.29, 0.717) is 6.54 Å². The molecular weight excluding hydrogens is 479 g/mol. The van der Waals surface area contributed by atoms with Gasteiger partial charge in [-0.25, -0.2) is 4.99 Å². The largest absolute Gasteiger partial charge is 0.396 e. The predicted octanol–water partition coefficient (Wildman–Crippen LogP) is 4.35. The summed E-state index contributed by atoms with van der Waals surface area (Å²) in [4.78, 5) is 4.68. The van der Waals surface area contributed by atoms with E-state index < -0.39 is 0 Å². The van der Waals surface area contributed by atoms with Crippen LogP contribution in [0.2, 0.25) is 0 Å². The highest BCUT2D eigenvalue weighted by molar-refractivity contribution is 14.0. The molecule has 29 heavy (non-hydrogen) atoms. The molecule has 0 unspecified atom stereocenters. The van der Waals surface area contributed by atoms with Crippen molar-refractivity contribution in [2.75, 3.05) is 19.7 Å². The fourth-order valence-corrected chi connectivity index (χ4v) is 3.95. The molecule has 1 fully saturated rings. The van der Waals surface area contributed by atoms with Gasteiger partial charge in [-0.2, -0.15) is 0 Å². The normalized spacial score (nSPS) is 16.1. The van der Waals surface area contributed by atoms with Crippen molar-refractivity contribution in [3.05, 3.63) is 42.1 Å². The molecule has 1 saturated carbocycles. The van der Waals surface area contributed by atoms with Gasteiger partial charge in [0.1, 0.15) is 5.69 Å². The predicted molar refractivity (Wildman–Crippen MR) is 127 cm³/mol. The summed E-state index contributed by atoms with van der Waals surface area (Å²) >= 11 is 0. The van der Waals surface area contributed by atoms with Crippen LogP contribution in [0.25, 0.3) is 11.3 Å². The van der Waals surface area contributed by atoms with Crippen molar-refractivity contribution in [2.45, 2.75) is 52.0 Å². The van der Waals surface area contributed by atoms with Crippen LogP contribution < -0.4 is 10.6 Å². The zero-order chi connectivity index (χ0) is 19.7. The number of aliphatic hydroxyl groups excluding tert-OH is 1. The van der Waals surface area contributed by atoms with E-state index in [-0.39, 0.29) is 36.0 Å². The first kappa shape index (κ1) is 23.7. The number of benzene rings is 1. The van der Waals surface area contributed by atoms with E-state index in [4.69, 9.17) is 4.52 Å². The van der Waals surface area contributed by atoms with Crippen LogP contribution in [0.3, 0.4) is 0 Å². The molecule has 0 amide bonds. The molecule has 1 aromatic carbocycles. The van der Waals surface area contributed by atoms with E-state index in [1.807, 2.05) is 36.4 Å². The number of hydrogen-bond donors (Lipinski definition) is 3. The van der Waals surface area contributed by atoms with Crippen molar-refractivity contribution >= 4 is 29.9 Å². The topological polar surface area (TPSA) is 82.7 Å². The van der Waals surface area contributed by atoms with E-state index in [9.17, 15) is 5.11 Å². The van der Waals surface area contributed by atoms with Crippen LogP contribution in [-0.2, 0) is 6.54 Å². The minimum Gasteiger partial charge on any atom is -0.396 e. The second kappa shape index (κ2) is 12.2. The van der Waals surface area contributed by atoms with E-state index in [1.54, 1.807) is 0 Å². The fraction of sp³-hybridized carbons (Fsp3) is 0.545. The maximum absolute atomic E-state index is 9.51. The van der Waals surface area contributed by atoms with Crippen molar-refractivity contribution in [3.8, 4) is 11.3 Å². The van der Waals surface area contributed by atoms with Crippen LogP contribution in [0.15, 0.2) is 45.9 Å². The molecule has 2 aromatic rings. The van der Waals surface area contributed by atoms with Crippen molar-refractivity contribution in [1.82, 2.24) is 15.8 Å². The van der Waals surface area contributed by atoms with Crippen molar-refractivity contribution < 1.29 is 9.63 Å². The van der Waals surface area contributed by atoms with Crippen LogP contribution in [0, 0.1) is 5.41 Å². The van der Waals surface area contributed by atoms with Crippen LogP contribution in [-0.4, -0.2) is 35.9 Å². The van der Waals surface area contributed by atoms with Gasteiger partial charge in [0.25, 0.3) is 0 Å². The summed E-state index contributed by atoms with van der Waals surface area (Å²) in [6.07, 6.45) is 6.99. The van der Waals surface area contributed by atoms with Crippen molar-refractivity contribution in [2.24, 2.45) is 10.4 Å². The van der Waals surface area contributed by atoms with Gasteiger partial charge in [0.05, 0.1) is 6.54 Å². The standard InChI is InChI=1S/C22H32N4O2.HI/c1-2-23-21(25-17-22(13-14-27)11-7-4-8-12-22)24-16-19-15-20(28-26-19)18-9-5-3-6-10-18;/h3,5-6,9-10,15,27H,2,4,7-8,11-14,16-17H2,1H3,(H2,23,24,25);1H. The van der Waals surface area contributed by atoms with Gasteiger partial charge >= 0.3 is 0 Å². The molecule has 0 radical (unpaired) electrons. The molecule has 7 heteroatoms. The minimum absolute atomic E-state index is 0. The summed E-state index contributed by atoms with van der Waals surface area (Å²) < 4.78 is 5.46. The molecular formula is C22H33IN4O2. The summed E-state index contributed by atoms with van der Waals surface area (Å²) in [7, 11) is 0. The van der Waals surface area contributed by atoms with Gasteiger partial charge in [-0.15, -0.1) is 24.0 Å². The number of nitrogens with one attached hydrogen (secondary N) is 2. The Balaban J connectivity index is 0.00000300. The maximum atomic E-state index is 9.51. The summed E-state index contributed by atoms with van der Waals surface area (Å²) in [5.74, 6) is 1.54. The molecule has 6 nitrogen and oxygen atoms in total. The molecule has 1 aliphatic rings. The number of hydrogen-bond acceptors (Lipinski definition) is 4. The van der Waals surface area contributed by atoms with Crippen LogP contribution >= 0.6 is 24.0 Å². The first-order chi connectivity index (χ1) is 13.7. The van der Waals surface area contributed by atoms with Crippen LogP contribution in [0.1, 0.15) is 51.1 Å². The molecule has 0 bridgehead atoms. The van der Waals surface area contributed by atoms with Gasteiger partial charge in [0.15, 0.2) is 11.7 Å². The Morgan fingerprint density at radius 2 is 1.93 bits per heavy atom. The lowest BCUT2D eigenvalue weighted by Crippen LogP contribution is -2.44. The Labute approximate surface area is 190 Å². The van der Waals surface area contributed by atoms with Crippen molar-refractivity contribution in [1.29, 1.82) is 0 Å². The summed E-state index contributed by atoms with van der Waals surface area (Å²) in [5.41, 5.74) is 2.00. The van der Waals surface area contributed by atoms with Crippen LogP contribution in [0.5, 0.6) is 0 Å². The van der Waals surface area contributed by atoms with Gasteiger partial charge in [0, 0.05) is 31.3 Å². The molecule has 3 rings (SSSR count). The maximum Gasteiger partial charge on any atom is 0.191 e. The van der Waals surface area contributed by atoms with E-state index in [2.05, 4.69) is 27.7 Å². The van der Waals surface area contributed by atoms with Crippen molar-refractivity contribution in [3.63, 3.8) is 0 Å². The lowest BCUT2D eigenvalue weighted by molar-refractivity contribution is 0.131.